The molecule has 3 N–H and O–H groups in total. The maximum Gasteiger partial charge on any atom is 0.303 e. The third-order valence-corrected chi connectivity index (χ3v) is 8.19. The number of rotatable bonds is 32. The van der Waals surface area contributed by atoms with Crippen LogP contribution in [0, 0.1) is 0 Å². The lowest BCUT2D eigenvalue weighted by Gasteiger charge is -2.39. The van der Waals surface area contributed by atoms with E-state index in [9.17, 15) is 14.4 Å². The first-order valence-corrected chi connectivity index (χ1v) is 17.0. The van der Waals surface area contributed by atoms with Gasteiger partial charge in [-0.1, -0.05) is 103 Å². The quantitative estimate of drug-likeness (QED) is 0.0414. The van der Waals surface area contributed by atoms with Gasteiger partial charge in [0.15, 0.2) is 0 Å². The number of quaternary nitrogens is 1. The van der Waals surface area contributed by atoms with Crippen molar-refractivity contribution in [2.45, 2.75) is 161 Å². The highest BCUT2D eigenvalue weighted by atomic mass is 16.4. The summed E-state index contributed by atoms with van der Waals surface area (Å²) >= 11 is 0. The number of hydrogen-bond donors (Lipinski definition) is 3. The molecule has 0 atom stereocenters. The van der Waals surface area contributed by atoms with Crippen molar-refractivity contribution in [2.75, 3.05) is 26.2 Å². The van der Waals surface area contributed by atoms with Gasteiger partial charge in [0, 0.05) is 19.3 Å². The fraction of sp³-hybridized carbons (Fsp3) is 0.853. The topological polar surface area (TPSA) is 112 Å². The lowest BCUT2D eigenvalue weighted by molar-refractivity contribution is -0.929. The van der Waals surface area contributed by atoms with Gasteiger partial charge in [-0.05, 0) is 32.1 Å². The molecule has 0 aliphatic heterocycles. The van der Waals surface area contributed by atoms with Crippen LogP contribution in [0.1, 0.15) is 161 Å². The minimum atomic E-state index is -0.823. The molecule has 0 aromatic heterocycles. The van der Waals surface area contributed by atoms with Crippen LogP contribution in [0.25, 0.3) is 0 Å². The first kappa shape index (κ1) is 39.1. The van der Waals surface area contributed by atoms with Crippen molar-refractivity contribution in [1.82, 2.24) is 0 Å². The van der Waals surface area contributed by atoms with E-state index in [1.807, 2.05) is 0 Å². The van der Waals surface area contributed by atoms with E-state index in [0.717, 1.165) is 19.4 Å². The summed E-state index contributed by atoms with van der Waals surface area (Å²) in [6.07, 6.45) is 29.7. The van der Waals surface area contributed by atoms with Crippen LogP contribution in [0.3, 0.4) is 0 Å². The molecule has 0 aromatic rings. The number of carbonyl (C=O) groups is 3. The monoisotopic (exact) mass is 582 g/mol. The molecule has 0 saturated carbocycles. The van der Waals surface area contributed by atoms with E-state index < -0.39 is 17.9 Å². The van der Waals surface area contributed by atoms with Crippen LogP contribution in [0.5, 0.6) is 0 Å². The van der Waals surface area contributed by atoms with E-state index in [0.29, 0.717) is 43.4 Å². The number of unbranched alkanes of at least 4 members (excludes halogenated alkanes) is 16. The maximum atomic E-state index is 11.1. The zero-order valence-corrected chi connectivity index (χ0v) is 26.5. The Morgan fingerprint density at radius 3 is 1.07 bits per heavy atom. The maximum absolute atomic E-state index is 11.1. The SMILES string of the molecule is CCC/C=C/CCCCCCCCCCCCCCCCC[N+](CCCC(=O)O)(CCCC(=O)O)CCCC(=O)O. The zero-order chi connectivity index (χ0) is 30.4. The Balaban J connectivity index is 4.06. The Labute approximate surface area is 251 Å². The van der Waals surface area contributed by atoms with Gasteiger partial charge in [-0.3, -0.25) is 14.4 Å². The molecule has 41 heavy (non-hydrogen) atoms. The van der Waals surface area contributed by atoms with E-state index in [4.69, 9.17) is 15.3 Å². The molecule has 0 saturated heterocycles. The van der Waals surface area contributed by atoms with Gasteiger partial charge < -0.3 is 19.8 Å². The van der Waals surface area contributed by atoms with Gasteiger partial charge in [0.1, 0.15) is 0 Å². The second-order valence-electron chi connectivity index (χ2n) is 12.1. The van der Waals surface area contributed by atoms with Crippen molar-refractivity contribution in [3.05, 3.63) is 12.2 Å². The minimum Gasteiger partial charge on any atom is -0.481 e. The zero-order valence-electron chi connectivity index (χ0n) is 26.5. The highest BCUT2D eigenvalue weighted by molar-refractivity contribution is 5.67. The van der Waals surface area contributed by atoms with Gasteiger partial charge in [0.05, 0.1) is 45.4 Å². The van der Waals surface area contributed by atoms with Gasteiger partial charge in [0.2, 0.25) is 0 Å². The highest BCUT2D eigenvalue weighted by Gasteiger charge is 2.27. The Hall–Kier alpha value is -1.89. The molecule has 0 heterocycles. The van der Waals surface area contributed by atoms with E-state index in [-0.39, 0.29) is 19.3 Å². The molecule has 0 unspecified atom stereocenters. The molecule has 0 aliphatic carbocycles. The summed E-state index contributed by atoms with van der Waals surface area (Å²) in [6.45, 7) is 5.10. The summed E-state index contributed by atoms with van der Waals surface area (Å²) < 4.78 is 0.643. The van der Waals surface area contributed by atoms with E-state index >= 15 is 0 Å². The molecule has 0 radical (unpaired) electrons. The van der Waals surface area contributed by atoms with Crippen molar-refractivity contribution in [3.63, 3.8) is 0 Å². The van der Waals surface area contributed by atoms with Gasteiger partial charge in [-0.25, -0.2) is 0 Å². The van der Waals surface area contributed by atoms with Crippen LogP contribution in [0.15, 0.2) is 12.2 Å². The number of nitrogens with zero attached hydrogens (tertiary/aromatic N) is 1. The molecule has 0 aromatic carbocycles. The molecular formula is C34H64NO6+. The summed E-state index contributed by atoms with van der Waals surface area (Å²) in [5.41, 5.74) is 0. The van der Waals surface area contributed by atoms with Crippen molar-refractivity contribution in [2.24, 2.45) is 0 Å². The Bertz CT molecular complexity index is 628. The van der Waals surface area contributed by atoms with Crippen LogP contribution in [-0.2, 0) is 14.4 Å². The Morgan fingerprint density at radius 2 is 0.732 bits per heavy atom. The van der Waals surface area contributed by atoms with E-state index in [1.54, 1.807) is 0 Å². The standard InChI is InChI=1S/C34H63NO6/c1-2-3-4-5-6-7-8-9-10-11-12-13-14-15-16-17-18-19-20-21-28-35(29-22-25-32(36)37,30-23-26-33(38)39)31-24-27-34(40)41/h4-5H,2-3,6-31H2,1H3,(H2-,36,37,38,39,40,41)/p+1/b5-4+. The number of aliphatic carboxylic acids is 3. The molecule has 0 amide bonds. The van der Waals surface area contributed by atoms with E-state index in [2.05, 4.69) is 19.1 Å². The number of hydrogen-bond acceptors (Lipinski definition) is 3. The number of carboxylic acid groups (broad SMARTS) is 3. The first-order chi connectivity index (χ1) is 19.8. The lowest BCUT2D eigenvalue weighted by Crippen LogP contribution is -2.51. The fourth-order valence-corrected chi connectivity index (χ4v) is 5.78. The average molecular weight is 583 g/mol. The summed E-state index contributed by atoms with van der Waals surface area (Å²) in [6, 6.07) is 0. The highest BCUT2D eigenvalue weighted by Crippen LogP contribution is 2.19. The Kier molecular flexibility index (Phi) is 26.9. The second kappa shape index (κ2) is 28.2. The Morgan fingerprint density at radius 1 is 0.439 bits per heavy atom. The fourth-order valence-electron chi connectivity index (χ4n) is 5.78. The van der Waals surface area contributed by atoms with Crippen molar-refractivity contribution >= 4 is 17.9 Å². The van der Waals surface area contributed by atoms with E-state index in [1.165, 1.54) is 103 Å². The van der Waals surface area contributed by atoms with Crippen molar-refractivity contribution < 1.29 is 34.2 Å². The van der Waals surface area contributed by atoms with Crippen LogP contribution in [0.4, 0.5) is 0 Å². The molecule has 0 fully saturated rings. The molecule has 7 heteroatoms. The first-order valence-electron chi connectivity index (χ1n) is 17.0. The smallest absolute Gasteiger partial charge is 0.303 e. The molecule has 7 nitrogen and oxygen atoms in total. The molecular weight excluding hydrogens is 518 g/mol. The third-order valence-electron chi connectivity index (χ3n) is 8.19. The summed E-state index contributed by atoms with van der Waals surface area (Å²) in [7, 11) is 0. The summed E-state index contributed by atoms with van der Waals surface area (Å²) in [4.78, 5) is 33.2. The largest absolute Gasteiger partial charge is 0.481 e. The van der Waals surface area contributed by atoms with Crippen molar-refractivity contribution in [1.29, 1.82) is 0 Å². The minimum absolute atomic E-state index is 0.0924. The predicted molar refractivity (Wildman–Crippen MR) is 168 cm³/mol. The normalized spacial score (nSPS) is 11.8. The van der Waals surface area contributed by atoms with Crippen LogP contribution >= 0.6 is 0 Å². The molecule has 0 rings (SSSR count). The molecule has 0 bridgehead atoms. The molecule has 240 valence electrons. The summed E-state index contributed by atoms with van der Waals surface area (Å²) in [5.74, 6) is -2.47. The van der Waals surface area contributed by atoms with Crippen LogP contribution < -0.4 is 0 Å². The number of carboxylic acids is 3. The van der Waals surface area contributed by atoms with Gasteiger partial charge in [-0.15, -0.1) is 0 Å². The lowest BCUT2D eigenvalue weighted by atomic mass is 10.0. The van der Waals surface area contributed by atoms with Gasteiger partial charge >= 0.3 is 17.9 Å². The third kappa shape index (κ3) is 28.0. The molecule has 0 aliphatic rings. The van der Waals surface area contributed by atoms with Crippen LogP contribution in [0.2, 0.25) is 0 Å². The molecule has 0 spiro atoms. The van der Waals surface area contributed by atoms with Crippen molar-refractivity contribution in [3.8, 4) is 0 Å². The van der Waals surface area contributed by atoms with Crippen LogP contribution in [-0.4, -0.2) is 63.9 Å². The van der Waals surface area contributed by atoms with Gasteiger partial charge in [-0.2, -0.15) is 0 Å². The summed E-state index contributed by atoms with van der Waals surface area (Å²) in [5, 5.41) is 27.3. The average Bonchev–Trinajstić information content (AvgIpc) is 2.91. The predicted octanol–water partition coefficient (Wildman–Crippen LogP) is 9.00. The number of allylic oxidation sites excluding steroid dienone is 2. The van der Waals surface area contributed by atoms with Gasteiger partial charge in [0.25, 0.3) is 0 Å². The second-order valence-corrected chi connectivity index (χ2v) is 12.1.